The Bertz CT molecular complexity index is 611. The summed E-state index contributed by atoms with van der Waals surface area (Å²) in [5.74, 6) is -0.139. The third kappa shape index (κ3) is 5.05. The van der Waals surface area contributed by atoms with Crippen molar-refractivity contribution in [2.45, 2.75) is 12.8 Å². The molecule has 0 saturated heterocycles. The Morgan fingerprint density at radius 3 is 2.82 bits per heavy atom. The molecule has 0 fully saturated rings. The molecule has 0 spiro atoms. The van der Waals surface area contributed by atoms with Gasteiger partial charge in [0.25, 0.3) is 5.91 Å². The number of hydrogen-bond acceptors (Lipinski definition) is 3. The zero-order valence-corrected chi connectivity index (χ0v) is 12.6. The number of rotatable bonds is 8. The lowest BCUT2D eigenvalue weighted by molar-refractivity contribution is 0.0957. The van der Waals surface area contributed by atoms with Gasteiger partial charge in [-0.05, 0) is 24.5 Å². The largest absolute Gasteiger partial charge is 0.384 e. The standard InChI is InChI=1S/C18H21N3O/c1-2-10-21-18(22)16-12-17(14-19-13-16)20-11-6-9-15-7-4-3-5-8-15/h2-5,7-8,12-14,20H,1,6,9-11H2,(H,21,22). The number of aromatic nitrogens is 1. The first-order valence-electron chi connectivity index (χ1n) is 7.41. The molecule has 0 bridgehead atoms. The number of aryl methyl sites for hydroxylation is 1. The normalized spacial score (nSPS) is 10.0. The van der Waals surface area contributed by atoms with E-state index in [2.05, 4.69) is 46.5 Å². The Morgan fingerprint density at radius 1 is 1.23 bits per heavy atom. The van der Waals surface area contributed by atoms with Gasteiger partial charge in [-0.25, -0.2) is 0 Å². The Balaban J connectivity index is 1.80. The van der Waals surface area contributed by atoms with Gasteiger partial charge < -0.3 is 10.6 Å². The Kier molecular flexibility index (Phi) is 6.18. The molecule has 2 rings (SSSR count). The van der Waals surface area contributed by atoms with Crippen molar-refractivity contribution in [3.63, 3.8) is 0 Å². The average molecular weight is 295 g/mol. The van der Waals surface area contributed by atoms with Crippen LogP contribution in [0.25, 0.3) is 0 Å². The zero-order chi connectivity index (χ0) is 15.6. The highest BCUT2D eigenvalue weighted by atomic mass is 16.1. The number of nitrogens with one attached hydrogen (secondary N) is 2. The Labute approximate surface area is 131 Å². The minimum Gasteiger partial charge on any atom is -0.384 e. The van der Waals surface area contributed by atoms with Crippen LogP contribution in [-0.4, -0.2) is 24.0 Å². The maximum Gasteiger partial charge on any atom is 0.253 e. The molecule has 2 N–H and O–H groups in total. The van der Waals surface area contributed by atoms with Crippen LogP contribution in [0.3, 0.4) is 0 Å². The molecule has 0 aliphatic heterocycles. The minimum absolute atomic E-state index is 0.139. The second-order valence-corrected chi connectivity index (χ2v) is 4.98. The zero-order valence-electron chi connectivity index (χ0n) is 12.6. The molecule has 0 aliphatic carbocycles. The number of amides is 1. The third-order valence-corrected chi connectivity index (χ3v) is 3.22. The fourth-order valence-electron chi connectivity index (χ4n) is 2.10. The van der Waals surface area contributed by atoms with Crippen LogP contribution in [0, 0.1) is 0 Å². The van der Waals surface area contributed by atoms with Gasteiger partial charge in [-0.2, -0.15) is 0 Å². The molecule has 0 atom stereocenters. The smallest absolute Gasteiger partial charge is 0.253 e. The van der Waals surface area contributed by atoms with Gasteiger partial charge in [0.1, 0.15) is 0 Å². The van der Waals surface area contributed by atoms with Gasteiger partial charge in [-0.15, -0.1) is 6.58 Å². The summed E-state index contributed by atoms with van der Waals surface area (Å²) in [7, 11) is 0. The lowest BCUT2D eigenvalue weighted by Gasteiger charge is -2.08. The Hall–Kier alpha value is -2.62. The monoisotopic (exact) mass is 295 g/mol. The summed E-state index contributed by atoms with van der Waals surface area (Å²) in [4.78, 5) is 15.9. The topological polar surface area (TPSA) is 54.0 Å². The predicted octanol–water partition coefficient (Wildman–Crippen LogP) is 3.04. The van der Waals surface area contributed by atoms with Crippen molar-refractivity contribution in [2.24, 2.45) is 0 Å². The quantitative estimate of drug-likeness (QED) is 0.581. The number of hydrogen-bond donors (Lipinski definition) is 2. The molecular formula is C18H21N3O. The molecule has 0 saturated carbocycles. The maximum absolute atomic E-state index is 11.8. The van der Waals surface area contributed by atoms with Gasteiger partial charge in [0, 0.05) is 25.5 Å². The molecule has 1 aromatic carbocycles. The van der Waals surface area contributed by atoms with E-state index in [1.54, 1.807) is 18.5 Å². The molecular weight excluding hydrogens is 274 g/mol. The highest BCUT2D eigenvalue weighted by Gasteiger charge is 2.05. The summed E-state index contributed by atoms with van der Waals surface area (Å²) in [5.41, 5.74) is 2.74. The van der Waals surface area contributed by atoms with Crippen LogP contribution < -0.4 is 10.6 Å². The highest BCUT2D eigenvalue weighted by molar-refractivity contribution is 5.94. The van der Waals surface area contributed by atoms with E-state index in [1.165, 1.54) is 5.56 Å². The molecule has 4 heteroatoms. The second kappa shape index (κ2) is 8.62. The van der Waals surface area contributed by atoms with Crippen LogP contribution in [0.5, 0.6) is 0 Å². The molecule has 4 nitrogen and oxygen atoms in total. The van der Waals surface area contributed by atoms with Gasteiger partial charge in [-0.1, -0.05) is 36.4 Å². The van der Waals surface area contributed by atoms with E-state index < -0.39 is 0 Å². The van der Waals surface area contributed by atoms with Gasteiger partial charge in [0.2, 0.25) is 0 Å². The summed E-state index contributed by atoms with van der Waals surface area (Å²) in [5, 5.41) is 6.04. The highest BCUT2D eigenvalue weighted by Crippen LogP contribution is 2.09. The number of carbonyl (C=O) groups is 1. The SMILES string of the molecule is C=CCNC(=O)c1cncc(NCCCc2ccccc2)c1. The van der Waals surface area contributed by atoms with E-state index in [4.69, 9.17) is 0 Å². The van der Waals surface area contributed by atoms with Crippen LogP contribution in [0.15, 0.2) is 61.4 Å². The van der Waals surface area contributed by atoms with Gasteiger partial charge in [-0.3, -0.25) is 9.78 Å². The van der Waals surface area contributed by atoms with Crippen LogP contribution >= 0.6 is 0 Å². The predicted molar refractivity (Wildman–Crippen MR) is 90.0 cm³/mol. The van der Waals surface area contributed by atoms with Gasteiger partial charge >= 0.3 is 0 Å². The first kappa shape index (κ1) is 15.8. The van der Waals surface area contributed by atoms with E-state index in [9.17, 15) is 4.79 Å². The lowest BCUT2D eigenvalue weighted by atomic mass is 10.1. The molecule has 0 radical (unpaired) electrons. The van der Waals surface area contributed by atoms with Crippen LogP contribution in [0.2, 0.25) is 0 Å². The van der Waals surface area contributed by atoms with Crippen molar-refractivity contribution in [3.05, 3.63) is 72.6 Å². The van der Waals surface area contributed by atoms with Crippen molar-refractivity contribution in [2.75, 3.05) is 18.4 Å². The van der Waals surface area contributed by atoms with E-state index in [0.29, 0.717) is 12.1 Å². The maximum atomic E-state index is 11.8. The van der Waals surface area contributed by atoms with Crippen LogP contribution in [0.4, 0.5) is 5.69 Å². The summed E-state index contributed by atoms with van der Waals surface area (Å²) >= 11 is 0. The van der Waals surface area contributed by atoms with Crippen LogP contribution in [0.1, 0.15) is 22.3 Å². The number of pyridine rings is 1. The molecule has 0 unspecified atom stereocenters. The van der Waals surface area contributed by atoms with Crippen molar-refractivity contribution >= 4 is 11.6 Å². The summed E-state index contributed by atoms with van der Waals surface area (Å²) in [6.07, 6.45) is 7.00. The summed E-state index contributed by atoms with van der Waals surface area (Å²) < 4.78 is 0. The fraction of sp³-hybridized carbons (Fsp3) is 0.222. The van der Waals surface area contributed by atoms with E-state index in [1.807, 2.05) is 12.1 Å². The van der Waals surface area contributed by atoms with Crippen LogP contribution in [-0.2, 0) is 6.42 Å². The molecule has 1 heterocycles. The number of carbonyl (C=O) groups excluding carboxylic acids is 1. The molecule has 1 amide bonds. The number of nitrogens with zero attached hydrogens (tertiary/aromatic N) is 1. The average Bonchev–Trinajstić information content (AvgIpc) is 2.58. The van der Waals surface area contributed by atoms with Crippen molar-refractivity contribution < 1.29 is 4.79 Å². The third-order valence-electron chi connectivity index (χ3n) is 3.22. The van der Waals surface area contributed by atoms with E-state index in [0.717, 1.165) is 25.1 Å². The van der Waals surface area contributed by atoms with Crippen molar-refractivity contribution in [1.82, 2.24) is 10.3 Å². The Morgan fingerprint density at radius 2 is 2.05 bits per heavy atom. The van der Waals surface area contributed by atoms with E-state index in [-0.39, 0.29) is 5.91 Å². The van der Waals surface area contributed by atoms with Crippen molar-refractivity contribution in [1.29, 1.82) is 0 Å². The summed E-state index contributed by atoms with van der Waals surface area (Å²) in [6, 6.07) is 12.2. The molecule has 1 aromatic heterocycles. The molecule has 114 valence electrons. The first-order chi connectivity index (χ1) is 10.8. The second-order valence-electron chi connectivity index (χ2n) is 4.98. The van der Waals surface area contributed by atoms with E-state index >= 15 is 0 Å². The first-order valence-corrected chi connectivity index (χ1v) is 7.41. The molecule has 0 aliphatic rings. The molecule has 22 heavy (non-hydrogen) atoms. The summed E-state index contributed by atoms with van der Waals surface area (Å²) in [6.45, 7) is 4.87. The number of anilines is 1. The molecule has 2 aromatic rings. The number of benzene rings is 1. The van der Waals surface area contributed by atoms with Crippen molar-refractivity contribution in [3.8, 4) is 0 Å². The van der Waals surface area contributed by atoms with Gasteiger partial charge in [0.05, 0.1) is 11.3 Å². The minimum atomic E-state index is -0.139. The lowest BCUT2D eigenvalue weighted by Crippen LogP contribution is -2.23. The van der Waals surface area contributed by atoms with Gasteiger partial charge in [0.15, 0.2) is 0 Å². The fourth-order valence-corrected chi connectivity index (χ4v) is 2.10.